The Morgan fingerprint density at radius 3 is 2.49 bits per heavy atom. The number of nitrogens with one attached hydrogen (secondary N) is 2. The quantitative estimate of drug-likeness (QED) is 0.568. The van der Waals surface area contributed by atoms with Crippen LogP contribution >= 0.6 is 0 Å². The van der Waals surface area contributed by atoms with E-state index in [9.17, 15) is 19.2 Å². The Bertz CT molecular complexity index is 1110. The molecule has 1 aromatic heterocycles. The minimum atomic E-state index is -0.613. The molecule has 11 nitrogen and oxygen atoms in total. The third-order valence-corrected chi connectivity index (χ3v) is 5.42. The number of amides is 2. The number of ether oxygens (including phenoxy) is 2. The largest absolute Gasteiger partial charge is 0.468 e. The standard InChI is InChI=1S/C24H31N5O6/c1-24(2,3)35-23(33)25-11-13-28-15-17(14-18(28)21(31)34-4)29-12-10-19(27-22(29)32)26-20(30)16-8-6-5-7-9-16/h5-10,12,17-18H,11,13-15H2,1-4H3,(H,25,33)(H,26,27,30,32)/t17-,18-/m0/s1. The molecule has 11 heteroatoms. The second-order valence-corrected chi connectivity index (χ2v) is 9.17. The number of esters is 1. The second-order valence-electron chi connectivity index (χ2n) is 9.17. The summed E-state index contributed by atoms with van der Waals surface area (Å²) in [5.74, 6) is -0.649. The van der Waals surface area contributed by atoms with Crippen LogP contribution in [0.25, 0.3) is 0 Å². The fourth-order valence-corrected chi connectivity index (χ4v) is 3.86. The van der Waals surface area contributed by atoms with E-state index in [1.807, 2.05) is 4.90 Å². The number of rotatable bonds is 7. The maximum atomic E-state index is 12.7. The first-order valence-electron chi connectivity index (χ1n) is 11.3. The fourth-order valence-electron chi connectivity index (χ4n) is 3.86. The van der Waals surface area contributed by atoms with E-state index in [1.54, 1.807) is 63.4 Å². The minimum Gasteiger partial charge on any atom is -0.468 e. The van der Waals surface area contributed by atoms with E-state index >= 15 is 0 Å². The van der Waals surface area contributed by atoms with Crippen LogP contribution in [-0.2, 0) is 14.3 Å². The van der Waals surface area contributed by atoms with Crippen molar-refractivity contribution >= 4 is 23.8 Å². The lowest BCUT2D eigenvalue weighted by Crippen LogP contribution is -2.42. The van der Waals surface area contributed by atoms with Gasteiger partial charge in [0.2, 0.25) is 0 Å². The predicted octanol–water partition coefficient (Wildman–Crippen LogP) is 1.81. The molecule has 2 aromatic rings. The molecule has 2 heterocycles. The van der Waals surface area contributed by atoms with E-state index in [0.717, 1.165) is 0 Å². The van der Waals surface area contributed by atoms with Crippen LogP contribution in [0.4, 0.5) is 10.6 Å². The number of carbonyl (C=O) groups is 3. The number of benzene rings is 1. The first-order chi connectivity index (χ1) is 16.6. The monoisotopic (exact) mass is 485 g/mol. The average molecular weight is 486 g/mol. The summed E-state index contributed by atoms with van der Waals surface area (Å²) in [5, 5.41) is 5.29. The van der Waals surface area contributed by atoms with Gasteiger partial charge in [0.15, 0.2) is 0 Å². The molecule has 1 aliphatic heterocycles. The Balaban J connectivity index is 1.65. The zero-order valence-electron chi connectivity index (χ0n) is 20.3. The predicted molar refractivity (Wildman–Crippen MR) is 128 cm³/mol. The molecule has 2 N–H and O–H groups in total. The molecule has 188 valence electrons. The molecule has 1 fully saturated rings. The summed E-state index contributed by atoms with van der Waals surface area (Å²) >= 11 is 0. The third kappa shape index (κ3) is 7.12. The van der Waals surface area contributed by atoms with E-state index in [1.165, 1.54) is 11.7 Å². The molecule has 0 aliphatic carbocycles. The van der Waals surface area contributed by atoms with Crippen LogP contribution in [0, 0.1) is 0 Å². The SMILES string of the molecule is COC(=O)[C@@H]1C[C@H](n2ccc(NC(=O)c3ccccc3)nc2=O)CN1CCNC(=O)OC(C)(C)C. The number of anilines is 1. The van der Waals surface area contributed by atoms with Gasteiger partial charge in [0.25, 0.3) is 5.91 Å². The van der Waals surface area contributed by atoms with Gasteiger partial charge in [-0.2, -0.15) is 4.98 Å². The zero-order valence-corrected chi connectivity index (χ0v) is 20.3. The highest BCUT2D eigenvalue weighted by atomic mass is 16.6. The van der Waals surface area contributed by atoms with Crippen molar-refractivity contribution in [2.75, 3.05) is 32.1 Å². The van der Waals surface area contributed by atoms with Crippen molar-refractivity contribution in [1.82, 2.24) is 19.8 Å². The topological polar surface area (TPSA) is 132 Å². The Morgan fingerprint density at radius 2 is 1.86 bits per heavy atom. The first-order valence-corrected chi connectivity index (χ1v) is 11.3. The Labute approximate surface area is 203 Å². The van der Waals surface area contributed by atoms with Crippen molar-refractivity contribution in [1.29, 1.82) is 0 Å². The molecule has 0 unspecified atom stereocenters. The summed E-state index contributed by atoms with van der Waals surface area (Å²) in [6, 6.07) is 9.25. The molecule has 2 amide bonds. The molecule has 1 aromatic carbocycles. The van der Waals surface area contributed by atoms with Crippen molar-refractivity contribution in [2.45, 2.75) is 44.9 Å². The number of nitrogens with zero attached hydrogens (tertiary/aromatic N) is 3. The number of methoxy groups -OCH3 is 1. The third-order valence-electron chi connectivity index (χ3n) is 5.42. The molecule has 0 bridgehead atoms. The maximum Gasteiger partial charge on any atom is 0.407 e. The number of alkyl carbamates (subject to hydrolysis) is 1. The van der Waals surface area contributed by atoms with Crippen molar-refractivity contribution in [3.63, 3.8) is 0 Å². The lowest BCUT2D eigenvalue weighted by atomic mass is 10.1. The highest BCUT2D eigenvalue weighted by Gasteiger charge is 2.38. The van der Waals surface area contributed by atoms with E-state index in [-0.39, 0.29) is 24.3 Å². The normalized spacial score (nSPS) is 18.1. The van der Waals surface area contributed by atoms with Crippen LogP contribution in [0.1, 0.15) is 43.6 Å². The molecule has 1 aliphatic rings. The number of carbonyl (C=O) groups excluding carboxylic acids is 3. The molecular formula is C24H31N5O6. The molecule has 0 radical (unpaired) electrons. The zero-order chi connectivity index (χ0) is 25.6. The summed E-state index contributed by atoms with van der Waals surface area (Å²) in [6.07, 6.45) is 1.35. The van der Waals surface area contributed by atoms with Gasteiger partial charge in [-0.3, -0.25) is 19.1 Å². The van der Waals surface area contributed by atoms with Crippen LogP contribution in [0.3, 0.4) is 0 Å². The van der Waals surface area contributed by atoms with E-state index in [4.69, 9.17) is 9.47 Å². The summed E-state index contributed by atoms with van der Waals surface area (Å²) in [7, 11) is 1.31. The van der Waals surface area contributed by atoms with E-state index in [2.05, 4.69) is 15.6 Å². The first kappa shape index (κ1) is 25.9. The van der Waals surface area contributed by atoms with Gasteiger partial charge in [-0.15, -0.1) is 0 Å². The molecule has 0 saturated carbocycles. The lowest BCUT2D eigenvalue weighted by Gasteiger charge is -2.23. The second kappa shape index (κ2) is 11.1. The van der Waals surface area contributed by atoms with E-state index in [0.29, 0.717) is 25.1 Å². The van der Waals surface area contributed by atoms with Crippen LogP contribution in [0.15, 0.2) is 47.4 Å². The van der Waals surface area contributed by atoms with Crippen LogP contribution in [0.5, 0.6) is 0 Å². The summed E-state index contributed by atoms with van der Waals surface area (Å²) in [4.78, 5) is 55.2. The van der Waals surface area contributed by atoms with Gasteiger partial charge in [0.05, 0.1) is 13.2 Å². The smallest absolute Gasteiger partial charge is 0.407 e. The van der Waals surface area contributed by atoms with Gasteiger partial charge in [-0.1, -0.05) is 18.2 Å². The molecular weight excluding hydrogens is 454 g/mol. The fraction of sp³-hybridized carbons (Fsp3) is 0.458. The maximum absolute atomic E-state index is 12.7. The highest BCUT2D eigenvalue weighted by Crippen LogP contribution is 2.27. The van der Waals surface area contributed by atoms with Crippen LogP contribution in [-0.4, -0.2) is 70.8 Å². The summed E-state index contributed by atoms with van der Waals surface area (Å²) < 4.78 is 11.6. The van der Waals surface area contributed by atoms with Crippen LogP contribution < -0.4 is 16.3 Å². The van der Waals surface area contributed by atoms with Crippen LogP contribution in [0.2, 0.25) is 0 Å². The molecule has 2 atom stereocenters. The van der Waals surface area contributed by atoms with Crippen molar-refractivity contribution in [2.24, 2.45) is 0 Å². The van der Waals surface area contributed by atoms with Gasteiger partial charge >= 0.3 is 17.8 Å². The molecule has 35 heavy (non-hydrogen) atoms. The van der Waals surface area contributed by atoms with Gasteiger partial charge in [0.1, 0.15) is 17.5 Å². The Hall–Kier alpha value is -3.73. The summed E-state index contributed by atoms with van der Waals surface area (Å²) in [6.45, 7) is 6.32. The highest BCUT2D eigenvalue weighted by molar-refractivity contribution is 6.03. The molecule has 3 rings (SSSR count). The number of aromatic nitrogens is 2. The number of hydrogen-bond acceptors (Lipinski definition) is 8. The van der Waals surface area contributed by atoms with Crippen molar-refractivity contribution in [3.8, 4) is 0 Å². The van der Waals surface area contributed by atoms with Gasteiger partial charge in [-0.25, -0.2) is 9.59 Å². The Morgan fingerprint density at radius 1 is 1.14 bits per heavy atom. The average Bonchev–Trinajstić information content (AvgIpc) is 3.21. The Kier molecular flexibility index (Phi) is 8.23. The van der Waals surface area contributed by atoms with Gasteiger partial charge in [-0.05, 0) is 45.4 Å². The van der Waals surface area contributed by atoms with Gasteiger partial charge in [0, 0.05) is 31.4 Å². The summed E-state index contributed by atoms with van der Waals surface area (Å²) in [5.41, 5.74) is -0.706. The van der Waals surface area contributed by atoms with Crippen molar-refractivity contribution < 1.29 is 23.9 Å². The number of hydrogen-bond donors (Lipinski definition) is 2. The molecule has 0 spiro atoms. The molecule has 1 saturated heterocycles. The lowest BCUT2D eigenvalue weighted by molar-refractivity contribution is -0.145. The minimum absolute atomic E-state index is 0.140. The van der Waals surface area contributed by atoms with E-state index < -0.39 is 29.4 Å². The van der Waals surface area contributed by atoms with Gasteiger partial charge < -0.3 is 20.1 Å². The number of likely N-dealkylation sites (tertiary alicyclic amines) is 1. The van der Waals surface area contributed by atoms with Crippen molar-refractivity contribution in [3.05, 3.63) is 58.6 Å².